The minimum Gasteiger partial charge on any atom is -0.396 e. The van der Waals surface area contributed by atoms with E-state index in [9.17, 15) is 0 Å². The summed E-state index contributed by atoms with van der Waals surface area (Å²) in [6.45, 7) is 0.408. The van der Waals surface area contributed by atoms with Crippen LogP contribution < -0.4 is 0 Å². The van der Waals surface area contributed by atoms with Crippen LogP contribution in [-0.4, -0.2) is 23.4 Å². The lowest BCUT2D eigenvalue weighted by molar-refractivity contribution is 0.118. The second-order valence-corrected chi connectivity index (χ2v) is 2.83. The minimum atomic E-state index is 0.204. The Morgan fingerprint density at radius 2 is 1.40 bits per heavy atom. The van der Waals surface area contributed by atoms with E-state index in [0.29, 0.717) is 0 Å². The average molecular weight is 142 g/mol. The van der Waals surface area contributed by atoms with Gasteiger partial charge in [0.05, 0.1) is 0 Å². The van der Waals surface area contributed by atoms with E-state index in [2.05, 4.69) is 12.2 Å². The van der Waals surface area contributed by atoms with Crippen molar-refractivity contribution in [3.05, 3.63) is 12.2 Å². The molecular weight excluding hydrogens is 128 g/mol. The Morgan fingerprint density at radius 1 is 1.00 bits per heavy atom. The molecule has 0 aromatic carbocycles. The Labute approximate surface area is 61.2 Å². The monoisotopic (exact) mass is 142 g/mol. The molecule has 2 heteroatoms. The highest BCUT2D eigenvalue weighted by atomic mass is 16.3. The Hall–Kier alpha value is -0.340. The number of rotatable bonds is 2. The molecule has 0 aromatic rings. The number of allylic oxidation sites excluding steroid dienone is 2. The Kier molecular flexibility index (Phi) is 2.90. The van der Waals surface area contributed by atoms with Crippen molar-refractivity contribution < 1.29 is 10.2 Å². The second kappa shape index (κ2) is 3.74. The molecule has 2 N–H and O–H groups in total. The molecule has 10 heavy (non-hydrogen) atoms. The second-order valence-electron chi connectivity index (χ2n) is 2.83. The number of hydrogen-bond acceptors (Lipinski definition) is 2. The van der Waals surface area contributed by atoms with E-state index in [4.69, 9.17) is 10.2 Å². The van der Waals surface area contributed by atoms with Gasteiger partial charge in [-0.1, -0.05) is 12.2 Å². The van der Waals surface area contributed by atoms with Crippen molar-refractivity contribution in [2.45, 2.75) is 12.8 Å². The highest BCUT2D eigenvalue weighted by Crippen LogP contribution is 2.23. The maximum atomic E-state index is 8.85. The Bertz CT molecular complexity index is 106. The van der Waals surface area contributed by atoms with Crippen LogP contribution in [-0.2, 0) is 0 Å². The molecule has 1 aliphatic carbocycles. The third-order valence-electron chi connectivity index (χ3n) is 2.18. The lowest BCUT2D eigenvalue weighted by Crippen LogP contribution is -2.23. The highest BCUT2D eigenvalue weighted by Gasteiger charge is 2.20. The molecular formula is C8H14O2. The number of aliphatic hydroxyl groups is 2. The first-order valence-corrected chi connectivity index (χ1v) is 3.75. The van der Waals surface area contributed by atoms with Crippen molar-refractivity contribution in [1.82, 2.24) is 0 Å². The van der Waals surface area contributed by atoms with Gasteiger partial charge in [0.15, 0.2) is 0 Å². The molecule has 0 radical (unpaired) electrons. The summed E-state index contributed by atoms with van der Waals surface area (Å²) in [5.74, 6) is 0.574. The average Bonchev–Trinajstić information content (AvgIpc) is 2.04. The zero-order chi connectivity index (χ0) is 7.40. The summed E-state index contributed by atoms with van der Waals surface area (Å²) < 4.78 is 0. The van der Waals surface area contributed by atoms with Gasteiger partial charge in [0, 0.05) is 13.2 Å². The van der Waals surface area contributed by atoms with Crippen LogP contribution in [0.1, 0.15) is 12.8 Å². The van der Waals surface area contributed by atoms with Crippen molar-refractivity contribution in [3.63, 3.8) is 0 Å². The molecule has 1 rings (SSSR count). The van der Waals surface area contributed by atoms with Gasteiger partial charge >= 0.3 is 0 Å². The van der Waals surface area contributed by atoms with Gasteiger partial charge in [-0.25, -0.2) is 0 Å². The number of aliphatic hydroxyl groups excluding tert-OH is 2. The normalized spacial score (nSPS) is 32.6. The maximum Gasteiger partial charge on any atom is 0.0465 e. The first-order valence-electron chi connectivity index (χ1n) is 3.75. The predicted octanol–water partition coefficient (Wildman–Crippen LogP) is 0.553. The quantitative estimate of drug-likeness (QED) is 0.553. The van der Waals surface area contributed by atoms with Crippen LogP contribution in [0, 0.1) is 11.8 Å². The highest BCUT2D eigenvalue weighted by molar-refractivity contribution is 4.94. The summed E-state index contributed by atoms with van der Waals surface area (Å²) in [5, 5.41) is 17.7. The summed E-state index contributed by atoms with van der Waals surface area (Å²) in [7, 11) is 0. The zero-order valence-corrected chi connectivity index (χ0v) is 6.03. The summed E-state index contributed by atoms with van der Waals surface area (Å²) >= 11 is 0. The molecule has 2 atom stereocenters. The summed E-state index contributed by atoms with van der Waals surface area (Å²) in [4.78, 5) is 0. The summed E-state index contributed by atoms with van der Waals surface area (Å²) in [6.07, 6.45) is 5.99. The molecule has 0 unspecified atom stereocenters. The van der Waals surface area contributed by atoms with E-state index in [1.165, 1.54) is 0 Å². The van der Waals surface area contributed by atoms with Crippen LogP contribution in [0.4, 0.5) is 0 Å². The van der Waals surface area contributed by atoms with E-state index < -0.39 is 0 Å². The van der Waals surface area contributed by atoms with Crippen molar-refractivity contribution in [2.24, 2.45) is 11.8 Å². The van der Waals surface area contributed by atoms with Gasteiger partial charge in [-0.05, 0) is 24.7 Å². The van der Waals surface area contributed by atoms with Gasteiger partial charge in [0.1, 0.15) is 0 Å². The lowest BCUT2D eigenvalue weighted by Gasteiger charge is -2.24. The molecule has 0 aliphatic heterocycles. The lowest BCUT2D eigenvalue weighted by atomic mass is 9.84. The third kappa shape index (κ3) is 1.58. The number of hydrogen-bond donors (Lipinski definition) is 2. The van der Waals surface area contributed by atoms with E-state index in [-0.39, 0.29) is 25.0 Å². The summed E-state index contributed by atoms with van der Waals surface area (Å²) in [5.41, 5.74) is 0. The SMILES string of the molecule is OC[C@H]1CC=CC[C@@H]1CO. The molecule has 2 nitrogen and oxygen atoms in total. The van der Waals surface area contributed by atoms with Crippen molar-refractivity contribution in [2.75, 3.05) is 13.2 Å². The van der Waals surface area contributed by atoms with Crippen LogP contribution in [0.15, 0.2) is 12.2 Å². The summed E-state index contributed by atoms with van der Waals surface area (Å²) in [6, 6.07) is 0. The van der Waals surface area contributed by atoms with Gasteiger partial charge in [0.25, 0.3) is 0 Å². The van der Waals surface area contributed by atoms with Crippen LogP contribution >= 0.6 is 0 Å². The molecule has 0 heterocycles. The topological polar surface area (TPSA) is 40.5 Å². The van der Waals surface area contributed by atoms with Crippen LogP contribution in [0.3, 0.4) is 0 Å². The van der Waals surface area contributed by atoms with Gasteiger partial charge in [-0.3, -0.25) is 0 Å². The largest absolute Gasteiger partial charge is 0.396 e. The standard InChI is InChI=1S/C8H14O2/c9-5-7-3-1-2-4-8(7)6-10/h1-2,7-10H,3-6H2/t7-,8-/m1/s1. The Morgan fingerprint density at radius 3 is 1.70 bits per heavy atom. The molecule has 58 valence electrons. The fraction of sp³-hybridized carbons (Fsp3) is 0.750. The molecule has 1 aliphatic rings. The minimum absolute atomic E-state index is 0.204. The van der Waals surface area contributed by atoms with E-state index >= 15 is 0 Å². The molecule has 0 saturated heterocycles. The first-order chi connectivity index (χ1) is 4.88. The van der Waals surface area contributed by atoms with Gasteiger partial charge in [-0.2, -0.15) is 0 Å². The van der Waals surface area contributed by atoms with Crippen LogP contribution in [0.25, 0.3) is 0 Å². The van der Waals surface area contributed by atoms with Gasteiger partial charge in [0.2, 0.25) is 0 Å². The zero-order valence-electron chi connectivity index (χ0n) is 6.03. The third-order valence-corrected chi connectivity index (χ3v) is 2.18. The van der Waals surface area contributed by atoms with Crippen LogP contribution in [0.2, 0.25) is 0 Å². The molecule has 0 aromatic heterocycles. The van der Waals surface area contributed by atoms with Gasteiger partial charge < -0.3 is 10.2 Å². The van der Waals surface area contributed by atoms with E-state index in [1.54, 1.807) is 0 Å². The van der Waals surface area contributed by atoms with Gasteiger partial charge in [-0.15, -0.1) is 0 Å². The molecule has 0 amide bonds. The maximum absolute atomic E-state index is 8.85. The molecule has 0 bridgehead atoms. The Balaban J connectivity index is 2.45. The smallest absolute Gasteiger partial charge is 0.0465 e. The fourth-order valence-electron chi connectivity index (χ4n) is 1.37. The fourth-order valence-corrected chi connectivity index (χ4v) is 1.37. The van der Waals surface area contributed by atoms with Crippen molar-refractivity contribution >= 4 is 0 Å². The van der Waals surface area contributed by atoms with Crippen LogP contribution in [0.5, 0.6) is 0 Å². The van der Waals surface area contributed by atoms with Crippen molar-refractivity contribution in [3.8, 4) is 0 Å². The molecule has 0 fully saturated rings. The predicted molar refractivity (Wildman–Crippen MR) is 39.5 cm³/mol. The molecule has 0 saturated carbocycles. The molecule has 0 spiro atoms. The van der Waals surface area contributed by atoms with Crippen molar-refractivity contribution in [1.29, 1.82) is 0 Å². The van der Waals surface area contributed by atoms with E-state index in [1.807, 2.05) is 0 Å². The van der Waals surface area contributed by atoms with E-state index in [0.717, 1.165) is 12.8 Å². The first kappa shape index (κ1) is 7.76.